The van der Waals surface area contributed by atoms with E-state index < -0.39 is 35.5 Å². The summed E-state index contributed by atoms with van der Waals surface area (Å²) >= 11 is 0. The lowest BCUT2D eigenvalue weighted by molar-refractivity contribution is -0.143. The molecule has 1 amide bonds. The van der Waals surface area contributed by atoms with Crippen molar-refractivity contribution in [3.63, 3.8) is 0 Å². The summed E-state index contributed by atoms with van der Waals surface area (Å²) in [5.74, 6) is -1.94. The average molecular weight is 660 g/mol. The van der Waals surface area contributed by atoms with E-state index in [-0.39, 0.29) is 36.3 Å². The monoisotopic (exact) mass is 659 g/mol. The molecule has 1 aliphatic heterocycles. The molecule has 3 atom stereocenters. The quantitative estimate of drug-likeness (QED) is 0.238. The van der Waals surface area contributed by atoms with Crippen LogP contribution in [0.25, 0.3) is 11.1 Å². The number of piperidine rings is 1. The van der Waals surface area contributed by atoms with E-state index in [1.165, 1.54) is 0 Å². The molecule has 1 aromatic carbocycles. The Morgan fingerprint density at radius 2 is 1.64 bits per heavy atom. The van der Waals surface area contributed by atoms with Gasteiger partial charge in [-0.3, -0.25) is 4.79 Å². The standard InChI is InChI=1S/C34H41F4N5O4/c1-4-27-15-29(16-28(5-2)43(27)33(46)47-30-8-6-22(7-9-30)31(44)45)42(19-21-12-25(34(36,37)38)14-26(35)13-21)32-39-17-24(18-40-32)23-10-11-41(3)20-23/h10-14,17-18,20,22,27-30H,4-9,15-16,19H2,1-3H3,(H,44,45)/t22?,27-,28+,29?,30?. The number of anilines is 1. The Hall–Kier alpha value is -4.16. The summed E-state index contributed by atoms with van der Waals surface area (Å²) in [5, 5.41) is 9.32. The van der Waals surface area contributed by atoms with Crippen molar-refractivity contribution in [1.29, 1.82) is 0 Å². The number of ether oxygens (including phenoxy) is 1. The highest BCUT2D eigenvalue weighted by Gasteiger charge is 2.42. The number of amides is 1. The van der Waals surface area contributed by atoms with Crippen molar-refractivity contribution in [1.82, 2.24) is 19.4 Å². The summed E-state index contributed by atoms with van der Waals surface area (Å²) < 4.78 is 63.2. The van der Waals surface area contributed by atoms with Crippen molar-refractivity contribution < 1.29 is 37.0 Å². The first-order valence-electron chi connectivity index (χ1n) is 16.2. The van der Waals surface area contributed by atoms with E-state index in [0.717, 1.165) is 23.3 Å². The summed E-state index contributed by atoms with van der Waals surface area (Å²) in [7, 11) is 1.90. The van der Waals surface area contributed by atoms with Crippen molar-refractivity contribution in [2.24, 2.45) is 13.0 Å². The van der Waals surface area contributed by atoms with Gasteiger partial charge in [0, 0.05) is 67.6 Å². The number of aryl methyl sites for hydroxylation is 1. The molecule has 47 heavy (non-hydrogen) atoms. The molecule has 254 valence electrons. The molecule has 0 bridgehead atoms. The molecule has 2 fully saturated rings. The second kappa shape index (κ2) is 14.3. The maximum Gasteiger partial charge on any atom is 0.416 e. The van der Waals surface area contributed by atoms with Gasteiger partial charge in [0.2, 0.25) is 5.95 Å². The lowest BCUT2D eigenvalue weighted by Gasteiger charge is -2.47. The van der Waals surface area contributed by atoms with Crippen LogP contribution in [0.2, 0.25) is 0 Å². The van der Waals surface area contributed by atoms with Gasteiger partial charge in [0.05, 0.1) is 11.5 Å². The van der Waals surface area contributed by atoms with Gasteiger partial charge >= 0.3 is 18.2 Å². The summed E-state index contributed by atoms with van der Waals surface area (Å²) in [6.45, 7) is 3.87. The predicted molar refractivity (Wildman–Crippen MR) is 167 cm³/mol. The second-order valence-electron chi connectivity index (χ2n) is 12.7. The number of carboxylic acid groups (broad SMARTS) is 1. The third-order valence-corrected chi connectivity index (χ3v) is 9.46. The first kappa shape index (κ1) is 34.2. The molecule has 2 aliphatic rings. The first-order valence-corrected chi connectivity index (χ1v) is 16.2. The molecule has 9 nitrogen and oxygen atoms in total. The Bertz CT molecular complexity index is 1520. The molecule has 1 unspecified atom stereocenters. The zero-order valence-corrected chi connectivity index (χ0v) is 26.8. The zero-order chi connectivity index (χ0) is 33.9. The molecule has 0 radical (unpaired) electrons. The topological polar surface area (TPSA) is 101 Å². The van der Waals surface area contributed by atoms with Gasteiger partial charge in [0.25, 0.3) is 0 Å². The highest BCUT2D eigenvalue weighted by Crippen LogP contribution is 2.36. The van der Waals surface area contributed by atoms with E-state index in [2.05, 4.69) is 9.97 Å². The van der Waals surface area contributed by atoms with E-state index in [1.807, 2.05) is 48.8 Å². The molecule has 5 rings (SSSR count). The molecule has 1 aliphatic carbocycles. The van der Waals surface area contributed by atoms with Crippen molar-refractivity contribution in [3.8, 4) is 11.1 Å². The van der Waals surface area contributed by atoms with Gasteiger partial charge in [-0.15, -0.1) is 0 Å². The Labute approximate surface area is 271 Å². The van der Waals surface area contributed by atoms with Gasteiger partial charge in [0.1, 0.15) is 11.9 Å². The van der Waals surface area contributed by atoms with Crippen LogP contribution in [0.15, 0.2) is 49.1 Å². The first-order chi connectivity index (χ1) is 22.4. The van der Waals surface area contributed by atoms with E-state index in [4.69, 9.17) is 4.74 Å². The Kier molecular flexibility index (Phi) is 10.4. The van der Waals surface area contributed by atoms with Crippen LogP contribution in [0.3, 0.4) is 0 Å². The normalized spacial score (nSPS) is 23.4. The fraction of sp³-hybridized carbons (Fsp3) is 0.529. The molecular weight excluding hydrogens is 618 g/mol. The van der Waals surface area contributed by atoms with Gasteiger partial charge < -0.3 is 24.2 Å². The van der Waals surface area contributed by atoms with Crippen molar-refractivity contribution in [3.05, 3.63) is 66.0 Å². The zero-order valence-electron chi connectivity index (χ0n) is 26.8. The van der Waals surface area contributed by atoms with Crippen LogP contribution in [0.4, 0.5) is 28.3 Å². The maximum absolute atomic E-state index is 14.5. The number of benzene rings is 1. The summed E-state index contributed by atoms with van der Waals surface area (Å²) in [4.78, 5) is 37.8. The number of alkyl halides is 3. The van der Waals surface area contributed by atoms with E-state index in [1.54, 1.807) is 17.3 Å². The Balaban J connectivity index is 1.41. The second-order valence-corrected chi connectivity index (χ2v) is 12.7. The van der Waals surface area contributed by atoms with Crippen molar-refractivity contribution >= 4 is 18.0 Å². The number of carboxylic acids is 1. The number of carbonyl (C=O) groups excluding carboxylic acids is 1. The third kappa shape index (κ3) is 8.05. The number of nitrogens with zero attached hydrogens (tertiary/aromatic N) is 5. The van der Waals surface area contributed by atoms with Crippen LogP contribution in [0, 0.1) is 11.7 Å². The SMILES string of the molecule is CC[C@@H]1CC(N(Cc2cc(F)cc(C(F)(F)F)c2)c2ncc(-c3ccn(C)c3)cn2)C[C@H](CC)N1C(=O)OC1CCC(C(=O)O)CC1. The van der Waals surface area contributed by atoms with Gasteiger partial charge in [-0.05, 0) is 81.2 Å². The highest BCUT2D eigenvalue weighted by molar-refractivity contribution is 5.70. The van der Waals surface area contributed by atoms with Gasteiger partial charge in [0.15, 0.2) is 0 Å². The maximum atomic E-state index is 14.5. The smallest absolute Gasteiger partial charge is 0.416 e. The largest absolute Gasteiger partial charge is 0.481 e. The van der Waals surface area contributed by atoms with Gasteiger partial charge in [-0.25, -0.2) is 19.2 Å². The lowest BCUT2D eigenvalue weighted by atomic mass is 9.87. The van der Waals surface area contributed by atoms with E-state index >= 15 is 0 Å². The molecule has 3 heterocycles. The van der Waals surface area contributed by atoms with Gasteiger partial charge in [-0.2, -0.15) is 13.2 Å². The fourth-order valence-corrected chi connectivity index (χ4v) is 6.92. The van der Waals surface area contributed by atoms with Crippen molar-refractivity contribution in [2.75, 3.05) is 4.90 Å². The number of halogens is 4. The fourth-order valence-electron chi connectivity index (χ4n) is 6.92. The van der Waals surface area contributed by atoms with Crippen LogP contribution >= 0.6 is 0 Å². The number of likely N-dealkylation sites (tertiary alicyclic amines) is 1. The summed E-state index contributed by atoms with van der Waals surface area (Å²) in [6, 6.07) is 3.69. The molecule has 1 N–H and O–H groups in total. The number of carbonyl (C=O) groups is 2. The molecule has 2 aromatic heterocycles. The number of aliphatic carboxylic acids is 1. The Morgan fingerprint density at radius 3 is 2.17 bits per heavy atom. The van der Waals surface area contributed by atoms with Crippen LogP contribution in [0.1, 0.15) is 76.3 Å². The highest BCUT2D eigenvalue weighted by atomic mass is 19.4. The lowest BCUT2D eigenvalue weighted by Crippen LogP contribution is -2.57. The molecule has 0 spiro atoms. The molecule has 1 saturated heterocycles. The molecule has 3 aromatic rings. The number of hydrogen-bond acceptors (Lipinski definition) is 6. The minimum Gasteiger partial charge on any atom is -0.481 e. The molecular formula is C34H41F4N5O4. The van der Waals surface area contributed by atoms with Crippen LogP contribution in [0.5, 0.6) is 0 Å². The van der Waals surface area contributed by atoms with Crippen LogP contribution in [-0.4, -0.2) is 60.8 Å². The number of hydrogen-bond donors (Lipinski definition) is 1. The number of aromatic nitrogens is 3. The van der Waals surface area contributed by atoms with Crippen molar-refractivity contribution in [2.45, 2.75) is 102 Å². The average Bonchev–Trinajstić information content (AvgIpc) is 3.48. The summed E-state index contributed by atoms with van der Waals surface area (Å²) in [5.41, 5.74) is 0.742. The van der Waals surface area contributed by atoms with Crippen LogP contribution in [-0.2, 0) is 29.3 Å². The third-order valence-electron chi connectivity index (χ3n) is 9.46. The molecule has 13 heteroatoms. The minimum absolute atomic E-state index is 0.0691. The van der Waals surface area contributed by atoms with Crippen LogP contribution < -0.4 is 4.90 Å². The predicted octanol–water partition coefficient (Wildman–Crippen LogP) is 7.45. The minimum atomic E-state index is -4.71. The Morgan fingerprint density at radius 1 is 1.00 bits per heavy atom. The van der Waals surface area contributed by atoms with E-state index in [0.29, 0.717) is 63.4 Å². The number of rotatable bonds is 9. The van der Waals surface area contributed by atoms with E-state index in [9.17, 15) is 32.3 Å². The molecule has 1 saturated carbocycles. The van der Waals surface area contributed by atoms with Gasteiger partial charge in [-0.1, -0.05) is 13.8 Å². The summed E-state index contributed by atoms with van der Waals surface area (Å²) in [6.07, 6.45) is 5.69.